The molecule has 1 fully saturated rings. The van der Waals surface area contributed by atoms with Crippen molar-refractivity contribution in [1.29, 1.82) is 0 Å². The number of benzene rings is 1. The maximum atomic E-state index is 12.8. The van der Waals surface area contributed by atoms with Crippen molar-refractivity contribution in [3.63, 3.8) is 0 Å². The smallest absolute Gasteiger partial charge is 0.408 e. The Balaban J connectivity index is 2.11. The Morgan fingerprint density at radius 1 is 1.32 bits per heavy atom. The number of hydrogen-bond acceptors (Lipinski definition) is 5. The highest BCUT2D eigenvalue weighted by molar-refractivity contribution is 5.94. The van der Waals surface area contributed by atoms with Gasteiger partial charge >= 0.3 is 12.2 Å². The number of ether oxygens (including phenoxy) is 2. The second kappa shape index (κ2) is 8.00. The highest BCUT2D eigenvalue weighted by Crippen LogP contribution is 2.12. The minimum Gasteiger partial charge on any atom is -0.449 e. The molecule has 136 valence electrons. The molecule has 1 aliphatic heterocycles. The molecule has 7 heteroatoms. The van der Waals surface area contributed by atoms with Crippen LogP contribution in [-0.4, -0.2) is 42.3 Å². The van der Waals surface area contributed by atoms with Gasteiger partial charge in [0, 0.05) is 6.42 Å². The van der Waals surface area contributed by atoms with Crippen LogP contribution in [0.15, 0.2) is 30.3 Å². The van der Waals surface area contributed by atoms with Gasteiger partial charge in [0.15, 0.2) is 5.78 Å². The number of nitrogens with one attached hydrogen (secondary N) is 2. The van der Waals surface area contributed by atoms with Crippen molar-refractivity contribution in [2.24, 2.45) is 0 Å². The summed E-state index contributed by atoms with van der Waals surface area (Å²) in [4.78, 5) is 36.3. The molecule has 1 aromatic rings. The maximum absolute atomic E-state index is 12.8. The van der Waals surface area contributed by atoms with E-state index in [1.54, 1.807) is 20.8 Å². The summed E-state index contributed by atoms with van der Waals surface area (Å²) in [5, 5.41) is 5.13. The first-order valence-electron chi connectivity index (χ1n) is 8.25. The first kappa shape index (κ1) is 18.8. The fourth-order valence-corrected chi connectivity index (χ4v) is 2.50. The van der Waals surface area contributed by atoms with E-state index in [0.717, 1.165) is 5.56 Å². The molecule has 0 unspecified atom stereocenters. The average Bonchev–Trinajstić information content (AvgIpc) is 2.53. The van der Waals surface area contributed by atoms with E-state index in [0.29, 0.717) is 12.8 Å². The van der Waals surface area contributed by atoms with Crippen LogP contribution in [0.5, 0.6) is 0 Å². The van der Waals surface area contributed by atoms with Gasteiger partial charge in [-0.15, -0.1) is 0 Å². The number of ketones is 1. The number of hydrogen-bond donors (Lipinski definition) is 2. The molecule has 1 heterocycles. The van der Waals surface area contributed by atoms with Crippen LogP contribution in [0.4, 0.5) is 9.59 Å². The standard InChI is InChI=1S/C18H24N2O5/c1-18(2,3)25-17(23)20-14(11-12-7-5-4-6-8-12)15(21)13-9-10-24-16(22)19-13/h4-8,13-14H,9-11H2,1-3H3,(H,19,22)(H,20,23)/t13-,14+/m1/s1. The second-order valence-corrected chi connectivity index (χ2v) is 6.91. The first-order chi connectivity index (χ1) is 11.7. The quantitative estimate of drug-likeness (QED) is 0.851. The predicted octanol–water partition coefficient (Wildman–Crippen LogP) is 2.19. The number of carbonyl (C=O) groups excluding carboxylic acids is 3. The lowest BCUT2D eigenvalue weighted by atomic mass is 9.96. The fraction of sp³-hybridized carbons (Fsp3) is 0.500. The van der Waals surface area contributed by atoms with Gasteiger partial charge in [0.1, 0.15) is 5.60 Å². The van der Waals surface area contributed by atoms with E-state index in [4.69, 9.17) is 9.47 Å². The van der Waals surface area contributed by atoms with Crippen LogP contribution in [0.25, 0.3) is 0 Å². The van der Waals surface area contributed by atoms with Crippen molar-refractivity contribution in [2.45, 2.75) is 51.3 Å². The first-order valence-corrected chi connectivity index (χ1v) is 8.25. The fourth-order valence-electron chi connectivity index (χ4n) is 2.50. The molecule has 7 nitrogen and oxygen atoms in total. The van der Waals surface area contributed by atoms with Crippen LogP contribution in [0, 0.1) is 0 Å². The van der Waals surface area contributed by atoms with Gasteiger partial charge in [-0.25, -0.2) is 9.59 Å². The van der Waals surface area contributed by atoms with E-state index in [-0.39, 0.29) is 12.4 Å². The largest absolute Gasteiger partial charge is 0.449 e. The van der Waals surface area contributed by atoms with E-state index < -0.39 is 29.9 Å². The van der Waals surface area contributed by atoms with Gasteiger partial charge in [-0.1, -0.05) is 30.3 Å². The summed E-state index contributed by atoms with van der Waals surface area (Å²) in [6, 6.07) is 7.85. The molecular weight excluding hydrogens is 324 g/mol. The molecule has 1 aromatic carbocycles. The third-order valence-electron chi connectivity index (χ3n) is 3.59. The Morgan fingerprint density at radius 3 is 2.60 bits per heavy atom. The zero-order chi connectivity index (χ0) is 18.4. The molecule has 0 spiro atoms. The van der Waals surface area contributed by atoms with E-state index in [1.165, 1.54) is 0 Å². The Labute approximate surface area is 147 Å². The lowest BCUT2D eigenvalue weighted by molar-refractivity contribution is -0.124. The Bertz CT molecular complexity index is 624. The van der Waals surface area contributed by atoms with E-state index >= 15 is 0 Å². The summed E-state index contributed by atoms with van der Waals surface area (Å²) in [5.41, 5.74) is 0.229. The number of cyclic esters (lactones) is 1. The number of amides is 2. The highest BCUT2D eigenvalue weighted by atomic mass is 16.6. The molecule has 0 saturated carbocycles. The Kier molecular flexibility index (Phi) is 6.01. The molecule has 2 atom stereocenters. The monoisotopic (exact) mass is 348 g/mol. The van der Waals surface area contributed by atoms with Crippen molar-refractivity contribution in [2.75, 3.05) is 6.61 Å². The zero-order valence-corrected chi connectivity index (χ0v) is 14.7. The van der Waals surface area contributed by atoms with Crippen LogP contribution < -0.4 is 10.6 Å². The Morgan fingerprint density at radius 2 is 2.00 bits per heavy atom. The molecule has 0 radical (unpaired) electrons. The molecule has 0 bridgehead atoms. The molecule has 0 aromatic heterocycles. The molecular formula is C18H24N2O5. The summed E-state index contributed by atoms with van der Waals surface area (Å²) >= 11 is 0. The van der Waals surface area contributed by atoms with Gasteiger partial charge in [-0.2, -0.15) is 0 Å². The summed E-state index contributed by atoms with van der Waals surface area (Å²) in [5.74, 6) is -0.272. The summed E-state index contributed by atoms with van der Waals surface area (Å²) in [7, 11) is 0. The van der Waals surface area contributed by atoms with Gasteiger partial charge in [0.2, 0.25) is 0 Å². The highest BCUT2D eigenvalue weighted by Gasteiger charge is 2.33. The van der Waals surface area contributed by atoms with Crippen molar-refractivity contribution in [3.05, 3.63) is 35.9 Å². The van der Waals surface area contributed by atoms with Crippen LogP contribution in [0.2, 0.25) is 0 Å². The summed E-state index contributed by atoms with van der Waals surface area (Å²) in [6.45, 7) is 5.42. The lowest BCUT2D eigenvalue weighted by Crippen LogP contribution is -2.55. The van der Waals surface area contributed by atoms with Crippen LogP contribution in [-0.2, 0) is 20.7 Å². The van der Waals surface area contributed by atoms with Gasteiger partial charge in [-0.3, -0.25) is 4.79 Å². The van der Waals surface area contributed by atoms with Gasteiger partial charge < -0.3 is 20.1 Å². The lowest BCUT2D eigenvalue weighted by Gasteiger charge is -2.28. The van der Waals surface area contributed by atoms with E-state index in [1.807, 2.05) is 30.3 Å². The minimum absolute atomic E-state index is 0.173. The molecule has 25 heavy (non-hydrogen) atoms. The van der Waals surface area contributed by atoms with Crippen molar-refractivity contribution >= 4 is 18.0 Å². The molecule has 0 aliphatic carbocycles. The predicted molar refractivity (Wildman–Crippen MR) is 91.2 cm³/mol. The number of carbonyl (C=O) groups is 3. The average molecular weight is 348 g/mol. The van der Waals surface area contributed by atoms with Gasteiger partial charge in [0.05, 0.1) is 18.7 Å². The molecule has 1 aliphatic rings. The SMILES string of the molecule is CC(C)(C)OC(=O)N[C@@H](Cc1ccccc1)C(=O)[C@H]1CCOC(=O)N1. The number of alkyl carbamates (subject to hydrolysis) is 2. The van der Waals surface area contributed by atoms with Crippen LogP contribution >= 0.6 is 0 Å². The van der Waals surface area contributed by atoms with Crippen LogP contribution in [0.1, 0.15) is 32.8 Å². The van der Waals surface area contributed by atoms with Crippen molar-refractivity contribution in [3.8, 4) is 0 Å². The van der Waals surface area contributed by atoms with Gasteiger partial charge in [-0.05, 0) is 32.8 Å². The summed E-state index contributed by atoms with van der Waals surface area (Å²) in [6.07, 6.45) is -0.613. The van der Waals surface area contributed by atoms with Crippen LogP contribution in [0.3, 0.4) is 0 Å². The Hall–Kier alpha value is -2.57. The molecule has 2 amide bonds. The molecule has 2 N–H and O–H groups in total. The number of Topliss-reactive ketones (excluding diaryl/α,β-unsaturated/α-hetero) is 1. The summed E-state index contributed by atoms with van der Waals surface area (Å²) < 4.78 is 10.0. The zero-order valence-electron chi connectivity index (χ0n) is 14.7. The second-order valence-electron chi connectivity index (χ2n) is 6.91. The topological polar surface area (TPSA) is 93.7 Å². The third kappa shape index (κ3) is 6.10. The molecule has 2 rings (SSSR count). The van der Waals surface area contributed by atoms with Crippen molar-refractivity contribution in [1.82, 2.24) is 10.6 Å². The van der Waals surface area contributed by atoms with Crippen molar-refractivity contribution < 1.29 is 23.9 Å². The third-order valence-corrected chi connectivity index (χ3v) is 3.59. The number of rotatable bonds is 5. The van der Waals surface area contributed by atoms with E-state index in [2.05, 4.69) is 10.6 Å². The minimum atomic E-state index is -0.805. The van der Waals surface area contributed by atoms with Gasteiger partial charge in [0.25, 0.3) is 0 Å². The normalized spacial score (nSPS) is 18.5. The molecule has 1 saturated heterocycles. The van der Waals surface area contributed by atoms with E-state index in [9.17, 15) is 14.4 Å². The maximum Gasteiger partial charge on any atom is 0.408 e.